The molecular formula is C13H25ClN2. The highest BCUT2D eigenvalue weighted by molar-refractivity contribution is 6.17. The lowest BCUT2D eigenvalue weighted by atomic mass is 9.99. The molecule has 1 saturated heterocycles. The number of rotatable bonds is 4. The molecule has 94 valence electrons. The summed E-state index contributed by atoms with van der Waals surface area (Å²) < 4.78 is 0. The van der Waals surface area contributed by atoms with E-state index in [-0.39, 0.29) is 5.54 Å². The molecule has 1 aliphatic heterocycles. The van der Waals surface area contributed by atoms with Gasteiger partial charge in [-0.05, 0) is 52.9 Å². The Bertz CT molecular complexity index is 220. The van der Waals surface area contributed by atoms with Gasteiger partial charge in [-0.25, -0.2) is 0 Å². The number of likely N-dealkylation sites (tertiary alicyclic amines) is 1. The van der Waals surface area contributed by atoms with E-state index in [0.29, 0.717) is 6.04 Å². The van der Waals surface area contributed by atoms with Crippen molar-refractivity contribution >= 4 is 17.9 Å². The van der Waals surface area contributed by atoms with E-state index in [1.54, 1.807) is 0 Å². The van der Waals surface area contributed by atoms with E-state index in [0.717, 1.165) is 18.8 Å². The molecule has 0 radical (unpaired) electrons. The number of alkyl halides is 1. The lowest BCUT2D eigenvalue weighted by molar-refractivity contribution is 0.234. The smallest absolute Gasteiger partial charge is 0.0858 e. The fourth-order valence-corrected chi connectivity index (χ4v) is 2.20. The summed E-state index contributed by atoms with van der Waals surface area (Å²) in [6, 6.07) is 0.665. The van der Waals surface area contributed by atoms with E-state index in [1.807, 2.05) is 0 Å². The van der Waals surface area contributed by atoms with Crippen LogP contribution in [-0.4, -0.2) is 35.2 Å². The third-order valence-corrected chi connectivity index (χ3v) is 3.20. The van der Waals surface area contributed by atoms with Gasteiger partial charge in [-0.2, -0.15) is 0 Å². The summed E-state index contributed by atoms with van der Waals surface area (Å²) >= 11 is 5.77. The predicted molar refractivity (Wildman–Crippen MR) is 72.5 cm³/mol. The second kappa shape index (κ2) is 6.48. The monoisotopic (exact) mass is 244 g/mol. The van der Waals surface area contributed by atoms with Gasteiger partial charge in [-0.3, -0.25) is 4.99 Å². The predicted octanol–water partition coefficient (Wildman–Crippen LogP) is 3.69. The SMILES string of the molecule is CC(C)(C)N=CN1CCCCC1CCCCl. The molecule has 0 amide bonds. The fraction of sp³-hybridized carbons (Fsp3) is 0.923. The van der Waals surface area contributed by atoms with Crippen molar-refractivity contribution < 1.29 is 0 Å². The highest BCUT2D eigenvalue weighted by Crippen LogP contribution is 2.20. The topological polar surface area (TPSA) is 15.6 Å². The van der Waals surface area contributed by atoms with Gasteiger partial charge in [-0.1, -0.05) is 0 Å². The van der Waals surface area contributed by atoms with Crippen LogP contribution in [0, 0.1) is 0 Å². The summed E-state index contributed by atoms with van der Waals surface area (Å²) in [6.45, 7) is 7.58. The third-order valence-electron chi connectivity index (χ3n) is 2.94. The van der Waals surface area contributed by atoms with Gasteiger partial charge in [0, 0.05) is 18.5 Å². The van der Waals surface area contributed by atoms with E-state index >= 15 is 0 Å². The van der Waals surface area contributed by atoms with Crippen LogP contribution in [0.4, 0.5) is 0 Å². The van der Waals surface area contributed by atoms with Crippen molar-refractivity contribution in [2.45, 2.75) is 64.5 Å². The Kier molecular flexibility index (Phi) is 5.60. The Morgan fingerprint density at radius 1 is 1.38 bits per heavy atom. The summed E-state index contributed by atoms with van der Waals surface area (Å²) in [6.07, 6.45) is 8.34. The maximum absolute atomic E-state index is 5.77. The van der Waals surface area contributed by atoms with Crippen LogP contribution in [0.25, 0.3) is 0 Å². The highest BCUT2D eigenvalue weighted by Gasteiger charge is 2.20. The summed E-state index contributed by atoms with van der Waals surface area (Å²) in [5.41, 5.74) is 0.0362. The number of hydrogen-bond acceptors (Lipinski definition) is 1. The molecule has 1 fully saturated rings. The summed E-state index contributed by atoms with van der Waals surface area (Å²) in [7, 11) is 0. The van der Waals surface area contributed by atoms with E-state index in [1.165, 1.54) is 25.7 Å². The van der Waals surface area contributed by atoms with Crippen molar-refractivity contribution in [1.29, 1.82) is 0 Å². The molecule has 2 nitrogen and oxygen atoms in total. The minimum absolute atomic E-state index is 0.0362. The largest absolute Gasteiger partial charge is 0.360 e. The van der Waals surface area contributed by atoms with Crippen molar-refractivity contribution in [1.82, 2.24) is 4.90 Å². The van der Waals surface area contributed by atoms with Gasteiger partial charge < -0.3 is 4.90 Å². The number of hydrogen-bond donors (Lipinski definition) is 0. The maximum Gasteiger partial charge on any atom is 0.0858 e. The van der Waals surface area contributed by atoms with Gasteiger partial charge in [0.25, 0.3) is 0 Å². The molecule has 3 heteroatoms. The van der Waals surface area contributed by atoms with E-state index in [2.05, 4.69) is 37.0 Å². The zero-order valence-corrected chi connectivity index (χ0v) is 11.6. The van der Waals surface area contributed by atoms with E-state index in [4.69, 9.17) is 11.6 Å². The van der Waals surface area contributed by atoms with Gasteiger partial charge in [0.2, 0.25) is 0 Å². The molecule has 0 aliphatic carbocycles. The molecule has 0 aromatic carbocycles. The van der Waals surface area contributed by atoms with Crippen LogP contribution >= 0.6 is 11.6 Å². The first-order valence-electron chi connectivity index (χ1n) is 6.40. The van der Waals surface area contributed by atoms with Crippen LogP contribution in [0.3, 0.4) is 0 Å². The van der Waals surface area contributed by atoms with E-state index in [9.17, 15) is 0 Å². The van der Waals surface area contributed by atoms with Gasteiger partial charge >= 0.3 is 0 Å². The van der Waals surface area contributed by atoms with Crippen LogP contribution in [-0.2, 0) is 0 Å². The van der Waals surface area contributed by atoms with Crippen LogP contribution in [0.5, 0.6) is 0 Å². The summed E-state index contributed by atoms with van der Waals surface area (Å²) in [5, 5.41) is 0. The molecule has 0 N–H and O–H groups in total. The number of nitrogens with zero attached hydrogens (tertiary/aromatic N) is 2. The van der Waals surface area contributed by atoms with E-state index < -0.39 is 0 Å². The number of halogens is 1. The Morgan fingerprint density at radius 3 is 2.75 bits per heavy atom. The van der Waals surface area contributed by atoms with Crippen molar-refractivity contribution in [3.63, 3.8) is 0 Å². The lowest BCUT2D eigenvalue weighted by Crippen LogP contribution is -2.39. The fourth-order valence-electron chi connectivity index (χ4n) is 2.05. The van der Waals surface area contributed by atoms with Crippen molar-refractivity contribution in [2.75, 3.05) is 12.4 Å². The average Bonchev–Trinajstić information content (AvgIpc) is 2.23. The molecule has 1 atom stereocenters. The molecule has 1 unspecified atom stereocenters. The highest BCUT2D eigenvalue weighted by atomic mass is 35.5. The minimum atomic E-state index is 0.0362. The maximum atomic E-state index is 5.77. The third kappa shape index (κ3) is 5.20. The van der Waals surface area contributed by atoms with Crippen LogP contribution in [0.15, 0.2) is 4.99 Å². The standard InChI is InChI=1S/C13H25ClN2/c1-13(2,3)15-11-16-10-5-4-7-12(16)8-6-9-14/h11-12H,4-10H2,1-3H3. The molecule has 1 heterocycles. The second-order valence-corrected chi connectivity index (χ2v) is 6.01. The van der Waals surface area contributed by atoms with Crippen LogP contribution < -0.4 is 0 Å². The van der Waals surface area contributed by atoms with Gasteiger partial charge in [0.05, 0.1) is 11.9 Å². The normalized spacial score (nSPS) is 23.0. The molecule has 0 bridgehead atoms. The molecule has 1 aliphatic rings. The zero-order chi connectivity index (χ0) is 12.0. The first-order chi connectivity index (χ1) is 7.53. The Hall–Kier alpha value is -0.240. The van der Waals surface area contributed by atoms with Crippen LogP contribution in [0.1, 0.15) is 52.9 Å². The summed E-state index contributed by atoms with van der Waals surface area (Å²) in [4.78, 5) is 7.02. The first-order valence-corrected chi connectivity index (χ1v) is 6.93. The number of piperidine rings is 1. The molecule has 0 aromatic heterocycles. The van der Waals surface area contributed by atoms with Crippen molar-refractivity contribution in [3.8, 4) is 0 Å². The first kappa shape index (κ1) is 13.8. The lowest BCUT2D eigenvalue weighted by Gasteiger charge is -2.34. The average molecular weight is 245 g/mol. The molecular weight excluding hydrogens is 220 g/mol. The molecule has 0 spiro atoms. The molecule has 0 saturated carbocycles. The Balaban J connectivity index is 2.49. The number of aliphatic imine (C=N–C) groups is 1. The van der Waals surface area contributed by atoms with Gasteiger partial charge in [0.1, 0.15) is 0 Å². The Morgan fingerprint density at radius 2 is 2.12 bits per heavy atom. The summed E-state index contributed by atoms with van der Waals surface area (Å²) in [5.74, 6) is 0.779. The quantitative estimate of drug-likeness (QED) is 0.418. The molecule has 0 aromatic rings. The van der Waals surface area contributed by atoms with Gasteiger partial charge in [0.15, 0.2) is 0 Å². The second-order valence-electron chi connectivity index (χ2n) is 5.63. The van der Waals surface area contributed by atoms with Crippen LogP contribution in [0.2, 0.25) is 0 Å². The van der Waals surface area contributed by atoms with Crippen molar-refractivity contribution in [2.24, 2.45) is 4.99 Å². The zero-order valence-electron chi connectivity index (χ0n) is 10.9. The minimum Gasteiger partial charge on any atom is -0.360 e. The van der Waals surface area contributed by atoms with Crippen molar-refractivity contribution in [3.05, 3.63) is 0 Å². The Labute approximate surface area is 105 Å². The molecule has 1 rings (SSSR count). The molecule has 16 heavy (non-hydrogen) atoms. The van der Waals surface area contributed by atoms with Gasteiger partial charge in [-0.15, -0.1) is 11.6 Å².